The molecule has 3 aromatic rings. The Morgan fingerprint density at radius 3 is 2.36 bits per heavy atom. The summed E-state index contributed by atoms with van der Waals surface area (Å²) < 4.78 is 20.4. The minimum Gasteiger partial charge on any atom is -0.375 e. The van der Waals surface area contributed by atoms with Crippen molar-refractivity contribution >= 4 is 73.5 Å². The van der Waals surface area contributed by atoms with Crippen LogP contribution >= 0.6 is 45.9 Å². The third-order valence-corrected chi connectivity index (χ3v) is 11.4. The van der Waals surface area contributed by atoms with Gasteiger partial charge in [-0.1, -0.05) is 53.8 Å². The number of nitrogens with one attached hydrogen (secondary N) is 1. The smallest absolute Gasteiger partial charge is 0.257 e. The van der Waals surface area contributed by atoms with Crippen LogP contribution in [0.25, 0.3) is 10.6 Å². The first-order valence-electron chi connectivity index (χ1n) is 15.4. The van der Waals surface area contributed by atoms with Crippen molar-refractivity contribution < 1.29 is 18.7 Å². The summed E-state index contributed by atoms with van der Waals surface area (Å²) in [5.41, 5.74) is 1.13. The fraction of sp³-hybridized carbons (Fsp3) is 0.516. The van der Waals surface area contributed by atoms with Crippen molar-refractivity contribution in [3.63, 3.8) is 0 Å². The highest BCUT2D eigenvalue weighted by molar-refractivity contribution is 7.21. The molecule has 14 heteroatoms. The fourth-order valence-corrected chi connectivity index (χ4v) is 8.96. The van der Waals surface area contributed by atoms with Gasteiger partial charge in [0, 0.05) is 76.5 Å². The topological polar surface area (TPSA) is 81.2 Å². The van der Waals surface area contributed by atoms with Gasteiger partial charge < -0.3 is 19.4 Å². The summed E-state index contributed by atoms with van der Waals surface area (Å²) in [6.07, 6.45) is 6.55. The number of carbonyl (C=O) groups is 2. The van der Waals surface area contributed by atoms with E-state index < -0.39 is 11.7 Å². The molecule has 1 aromatic carbocycles. The third-order valence-electron chi connectivity index (χ3n) is 8.82. The molecule has 4 heterocycles. The summed E-state index contributed by atoms with van der Waals surface area (Å²) in [5, 5.41) is 6.98. The largest absolute Gasteiger partial charge is 0.375 e. The van der Waals surface area contributed by atoms with E-state index in [0.717, 1.165) is 41.8 Å². The Hall–Kier alpha value is -2.48. The molecule has 0 bridgehead atoms. The molecule has 242 valence electrons. The molecule has 6 rings (SSSR count). The molecular formula is C31H37Cl2FN6O3S2. The van der Waals surface area contributed by atoms with Gasteiger partial charge in [0.05, 0.1) is 20.6 Å². The molecule has 0 unspecified atom stereocenters. The molecule has 0 atom stereocenters. The van der Waals surface area contributed by atoms with Gasteiger partial charge in [0.2, 0.25) is 5.91 Å². The second kappa shape index (κ2) is 14.5. The number of rotatable bonds is 8. The van der Waals surface area contributed by atoms with Crippen molar-refractivity contribution in [2.75, 3.05) is 81.2 Å². The van der Waals surface area contributed by atoms with Crippen LogP contribution < -0.4 is 15.1 Å². The number of amides is 2. The molecule has 9 nitrogen and oxygen atoms in total. The Morgan fingerprint density at radius 1 is 1.00 bits per heavy atom. The zero-order valence-corrected chi connectivity index (χ0v) is 28.3. The Morgan fingerprint density at radius 2 is 1.71 bits per heavy atom. The average molecular weight is 696 g/mol. The highest BCUT2D eigenvalue weighted by Crippen LogP contribution is 2.42. The first-order valence-corrected chi connectivity index (χ1v) is 17.8. The second-order valence-corrected chi connectivity index (χ2v) is 14.4. The van der Waals surface area contributed by atoms with Crippen LogP contribution in [0.1, 0.15) is 42.5 Å². The SMILES string of the molecule is COCC(=O)N1CCN(c2c(F)cc(C(=O)Nc3nc(-c4cc(Cl)cs4)c(N4CCN(C5CCCCC5)CC4)s3)cc2Cl)CC1. The maximum Gasteiger partial charge on any atom is 0.257 e. The number of hydrogen-bond donors (Lipinski definition) is 1. The maximum atomic E-state index is 15.4. The van der Waals surface area contributed by atoms with E-state index in [1.807, 2.05) is 11.4 Å². The third kappa shape index (κ3) is 7.41. The van der Waals surface area contributed by atoms with Crippen molar-refractivity contribution in [1.29, 1.82) is 0 Å². The van der Waals surface area contributed by atoms with E-state index >= 15 is 4.39 Å². The second-order valence-electron chi connectivity index (χ2n) is 11.7. The number of anilines is 3. The first kappa shape index (κ1) is 32.5. The van der Waals surface area contributed by atoms with Gasteiger partial charge in [0.15, 0.2) is 5.13 Å². The quantitative estimate of drug-likeness (QED) is 0.296. The molecule has 2 amide bonds. The van der Waals surface area contributed by atoms with E-state index in [1.165, 1.54) is 74.0 Å². The maximum absolute atomic E-state index is 15.4. The highest BCUT2D eigenvalue weighted by atomic mass is 35.5. The van der Waals surface area contributed by atoms with Gasteiger partial charge in [-0.25, -0.2) is 9.37 Å². The van der Waals surface area contributed by atoms with Gasteiger partial charge in [-0.15, -0.1) is 11.3 Å². The van der Waals surface area contributed by atoms with Crippen LogP contribution in [0.5, 0.6) is 0 Å². The van der Waals surface area contributed by atoms with Crippen molar-refractivity contribution in [1.82, 2.24) is 14.8 Å². The normalized spacial score (nSPS) is 18.4. The Kier molecular flexibility index (Phi) is 10.5. The number of halogens is 3. The molecule has 2 aliphatic heterocycles. The van der Waals surface area contributed by atoms with Gasteiger partial charge in [-0.3, -0.25) is 19.8 Å². The number of hydrogen-bond acceptors (Lipinski definition) is 9. The van der Waals surface area contributed by atoms with Crippen LogP contribution in [0.15, 0.2) is 23.6 Å². The molecule has 0 spiro atoms. The number of nitrogens with zero attached hydrogens (tertiary/aromatic N) is 5. The molecule has 2 aromatic heterocycles. The van der Waals surface area contributed by atoms with Gasteiger partial charge in [-0.05, 0) is 31.0 Å². The molecule has 1 saturated carbocycles. The molecular weight excluding hydrogens is 658 g/mol. The number of ether oxygens (including phenoxy) is 1. The number of carbonyl (C=O) groups excluding carboxylic acids is 2. The standard InChI is InChI=1S/C31H37Cl2FN6O3S2/c1-43-18-26(41)38-9-11-39(12-10-38)28-23(33)15-20(16-24(28)34)29(42)36-31-35-27(25-17-21(32)19-44-25)30(45-31)40-13-7-37(8-14-40)22-5-3-2-4-6-22/h15-17,19,22H,2-14,18H2,1H3,(H,35,36,42). The van der Waals surface area contributed by atoms with Gasteiger partial charge in [0.1, 0.15) is 23.1 Å². The lowest BCUT2D eigenvalue weighted by molar-refractivity contribution is -0.135. The predicted octanol–water partition coefficient (Wildman–Crippen LogP) is 6.32. The van der Waals surface area contributed by atoms with Gasteiger partial charge in [-0.2, -0.15) is 0 Å². The fourth-order valence-electron chi connectivity index (χ4n) is 6.48. The summed E-state index contributed by atoms with van der Waals surface area (Å²) in [6.45, 7) is 5.48. The summed E-state index contributed by atoms with van der Waals surface area (Å²) in [6, 6.07) is 5.27. The minimum absolute atomic E-state index is 0.0130. The van der Waals surface area contributed by atoms with E-state index in [1.54, 1.807) is 9.80 Å². The summed E-state index contributed by atoms with van der Waals surface area (Å²) in [4.78, 5) is 39.7. The van der Waals surface area contributed by atoms with E-state index in [0.29, 0.717) is 42.4 Å². The van der Waals surface area contributed by atoms with Crippen LogP contribution in [-0.4, -0.2) is 98.7 Å². The van der Waals surface area contributed by atoms with Crippen LogP contribution in [0.4, 0.5) is 20.2 Å². The van der Waals surface area contributed by atoms with E-state index in [4.69, 9.17) is 32.9 Å². The summed E-state index contributed by atoms with van der Waals surface area (Å²) in [7, 11) is 1.48. The molecule has 2 saturated heterocycles. The summed E-state index contributed by atoms with van der Waals surface area (Å²) >= 11 is 15.8. The zero-order valence-electron chi connectivity index (χ0n) is 25.2. The summed E-state index contributed by atoms with van der Waals surface area (Å²) in [5.74, 6) is -1.18. The van der Waals surface area contributed by atoms with E-state index in [-0.39, 0.29) is 28.8 Å². The number of thiophene rings is 1. The zero-order chi connectivity index (χ0) is 31.5. The lowest BCUT2D eigenvalue weighted by atomic mass is 9.94. The van der Waals surface area contributed by atoms with Crippen molar-refractivity contribution in [3.05, 3.63) is 45.0 Å². The Labute approximate surface area is 280 Å². The lowest BCUT2D eigenvalue weighted by Gasteiger charge is -2.41. The highest BCUT2D eigenvalue weighted by Gasteiger charge is 2.29. The Balaban J connectivity index is 1.16. The van der Waals surface area contributed by atoms with Crippen molar-refractivity contribution in [2.45, 2.75) is 38.1 Å². The van der Waals surface area contributed by atoms with E-state index in [2.05, 4.69) is 15.1 Å². The molecule has 3 fully saturated rings. The molecule has 1 aliphatic carbocycles. The number of benzene rings is 1. The average Bonchev–Trinajstić information content (AvgIpc) is 3.67. The van der Waals surface area contributed by atoms with E-state index in [9.17, 15) is 9.59 Å². The van der Waals surface area contributed by atoms with Crippen LogP contribution in [-0.2, 0) is 9.53 Å². The number of aromatic nitrogens is 1. The van der Waals surface area contributed by atoms with Crippen molar-refractivity contribution in [3.8, 4) is 10.6 Å². The molecule has 45 heavy (non-hydrogen) atoms. The van der Waals surface area contributed by atoms with Crippen molar-refractivity contribution in [2.24, 2.45) is 0 Å². The number of piperazine rings is 2. The number of methoxy groups -OCH3 is 1. The minimum atomic E-state index is -0.589. The number of thiazole rings is 1. The van der Waals surface area contributed by atoms with Crippen LogP contribution in [0.2, 0.25) is 10.0 Å². The predicted molar refractivity (Wildman–Crippen MR) is 181 cm³/mol. The molecule has 3 aliphatic rings. The van der Waals surface area contributed by atoms with Crippen LogP contribution in [0, 0.1) is 5.82 Å². The molecule has 0 radical (unpaired) electrons. The monoisotopic (exact) mass is 694 g/mol. The first-order chi connectivity index (χ1) is 21.8. The van der Waals surface area contributed by atoms with Gasteiger partial charge >= 0.3 is 0 Å². The van der Waals surface area contributed by atoms with Crippen LogP contribution in [0.3, 0.4) is 0 Å². The van der Waals surface area contributed by atoms with Gasteiger partial charge in [0.25, 0.3) is 5.91 Å². The molecule has 1 N–H and O–H groups in total. The Bertz CT molecular complexity index is 1490. The lowest BCUT2D eigenvalue weighted by Crippen LogP contribution is -2.50.